The van der Waals surface area contributed by atoms with Gasteiger partial charge < -0.3 is 5.11 Å². The predicted octanol–water partition coefficient (Wildman–Crippen LogP) is 2.91. The molecule has 3 nitrogen and oxygen atoms in total. The first-order valence-electron chi connectivity index (χ1n) is 7.52. The number of aryl methyl sites for hydroxylation is 2. The van der Waals surface area contributed by atoms with E-state index < -0.39 is 0 Å². The highest BCUT2D eigenvalue weighted by Gasteiger charge is 2.02. The van der Waals surface area contributed by atoms with Crippen LogP contribution in [0, 0.1) is 0 Å². The molecule has 0 saturated heterocycles. The minimum atomic E-state index is 0.335. The molecule has 0 spiro atoms. The first-order chi connectivity index (χ1) is 8.86. The maximum atomic E-state index is 8.70. The highest BCUT2D eigenvalue weighted by Crippen LogP contribution is 2.02. The number of aromatic nitrogens is 2. The number of aliphatic hydroxyl groups excluding tert-OH is 1. The number of nitrogens with zero attached hydrogens (tertiary/aromatic N) is 2. The number of rotatable bonds is 11. The van der Waals surface area contributed by atoms with Crippen LogP contribution in [0.15, 0.2) is 18.7 Å². The molecule has 0 aliphatic rings. The third-order valence-electron chi connectivity index (χ3n) is 3.34. The maximum absolute atomic E-state index is 8.70. The summed E-state index contributed by atoms with van der Waals surface area (Å²) in [5.41, 5.74) is 0. The highest BCUT2D eigenvalue weighted by atomic mass is 16.2. The van der Waals surface area contributed by atoms with Crippen molar-refractivity contribution in [2.24, 2.45) is 0 Å². The molecule has 1 rings (SSSR count). The van der Waals surface area contributed by atoms with Crippen molar-refractivity contribution in [2.75, 3.05) is 6.61 Å². The summed E-state index contributed by atoms with van der Waals surface area (Å²) in [5.74, 6) is 0. The lowest BCUT2D eigenvalue weighted by atomic mass is 10.2. The van der Waals surface area contributed by atoms with Crippen LogP contribution < -0.4 is 4.57 Å². The Balaban J connectivity index is 2.10. The van der Waals surface area contributed by atoms with E-state index in [1.54, 1.807) is 0 Å². The van der Waals surface area contributed by atoms with Crippen molar-refractivity contribution in [3.63, 3.8) is 0 Å². The van der Waals surface area contributed by atoms with Gasteiger partial charge >= 0.3 is 0 Å². The third-order valence-corrected chi connectivity index (χ3v) is 3.34. The van der Waals surface area contributed by atoms with Gasteiger partial charge in [-0.2, -0.15) is 0 Å². The van der Waals surface area contributed by atoms with Crippen LogP contribution in [0.5, 0.6) is 0 Å². The van der Waals surface area contributed by atoms with E-state index in [0.29, 0.717) is 6.61 Å². The summed E-state index contributed by atoms with van der Waals surface area (Å²) in [6.45, 7) is 4.84. The normalized spacial score (nSPS) is 11.0. The fraction of sp³-hybridized carbons (Fsp3) is 0.800. The average molecular weight is 253 g/mol. The molecule has 0 fully saturated rings. The Kier molecular flexibility index (Phi) is 8.57. The Morgan fingerprint density at radius 2 is 1.78 bits per heavy atom. The molecule has 0 aromatic carbocycles. The van der Waals surface area contributed by atoms with E-state index in [9.17, 15) is 0 Å². The Bertz CT molecular complexity index is 296. The van der Waals surface area contributed by atoms with Crippen molar-refractivity contribution in [3.8, 4) is 0 Å². The Morgan fingerprint density at radius 1 is 1.00 bits per heavy atom. The second-order valence-corrected chi connectivity index (χ2v) is 5.09. The van der Waals surface area contributed by atoms with Crippen molar-refractivity contribution in [1.29, 1.82) is 0 Å². The average Bonchev–Trinajstić information content (AvgIpc) is 2.82. The highest BCUT2D eigenvalue weighted by molar-refractivity contribution is 4.66. The van der Waals surface area contributed by atoms with Crippen molar-refractivity contribution < 1.29 is 9.67 Å². The van der Waals surface area contributed by atoms with E-state index in [-0.39, 0.29) is 0 Å². The second-order valence-electron chi connectivity index (χ2n) is 5.09. The molecule has 0 amide bonds. The van der Waals surface area contributed by atoms with Gasteiger partial charge in [0.05, 0.1) is 13.1 Å². The summed E-state index contributed by atoms with van der Waals surface area (Å²) < 4.78 is 4.57. The van der Waals surface area contributed by atoms with Gasteiger partial charge in [0, 0.05) is 6.61 Å². The van der Waals surface area contributed by atoms with Crippen LogP contribution in [-0.2, 0) is 13.1 Å². The molecule has 3 heteroatoms. The largest absolute Gasteiger partial charge is 0.396 e. The second kappa shape index (κ2) is 10.1. The summed E-state index contributed by atoms with van der Waals surface area (Å²) in [7, 11) is 0. The van der Waals surface area contributed by atoms with Crippen LogP contribution in [0.4, 0.5) is 0 Å². The van der Waals surface area contributed by atoms with Gasteiger partial charge in [0.1, 0.15) is 12.4 Å². The van der Waals surface area contributed by atoms with Gasteiger partial charge in [-0.1, -0.05) is 26.2 Å². The molecule has 0 bridgehead atoms. The number of imidazole rings is 1. The van der Waals surface area contributed by atoms with Crippen molar-refractivity contribution >= 4 is 0 Å². The van der Waals surface area contributed by atoms with Gasteiger partial charge in [-0.3, -0.25) is 0 Å². The zero-order valence-electron chi connectivity index (χ0n) is 11.9. The topological polar surface area (TPSA) is 29.0 Å². The fourth-order valence-corrected chi connectivity index (χ4v) is 2.18. The number of hydrogen-bond donors (Lipinski definition) is 1. The predicted molar refractivity (Wildman–Crippen MR) is 74.3 cm³/mol. The van der Waals surface area contributed by atoms with Gasteiger partial charge in [-0.25, -0.2) is 9.13 Å². The minimum absolute atomic E-state index is 0.335. The summed E-state index contributed by atoms with van der Waals surface area (Å²) in [6.07, 6.45) is 16.4. The van der Waals surface area contributed by atoms with Crippen molar-refractivity contribution in [1.82, 2.24) is 4.57 Å². The molecule has 1 N–H and O–H groups in total. The van der Waals surface area contributed by atoms with Crippen LogP contribution in [-0.4, -0.2) is 16.3 Å². The zero-order chi connectivity index (χ0) is 13.1. The molecule has 0 saturated carbocycles. The van der Waals surface area contributed by atoms with E-state index in [2.05, 4.69) is 34.8 Å². The smallest absolute Gasteiger partial charge is 0.243 e. The quantitative estimate of drug-likeness (QED) is 0.477. The fourth-order valence-electron chi connectivity index (χ4n) is 2.18. The monoisotopic (exact) mass is 253 g/mol. The van der Waals surface area contributed by atoms with Crippen LogP contribution in [0.1, 0.15) is 58.3 Å². The first-order valence-corrected chi connectivity index (χ1v) is 7.52. The summed E-state index contributed by atoms with van der Waals surface area (Å²) in [6, 6.07) is 0. The minimum Gasteiger partial charge on any atom is -0.396 e. The van der Waals surface area contributed by atoms with Crippen LogP contribution in [0.2, 0.25) is 0 Å². The maximum Gasteiger partial charge on any atom is 0.243 e. The summed E-state index contributed by atoms with van der Waals surface area (Å²) >= 11 is 0. The molecule has 0 unspecified atom stereocenters. The Hall–Kier alpha value is -0.830. The lowest BCUT2D eigenvalue weighted by Gasteiger charge is -1.98. The van der Waals surface area contributed by atoms with Crippen molar-refractivity contribution in [3.05, 3.63) is 18.7 Å². The Morgan fingerprint density at radius 3 is 2.56 bits per heavy atom. The molecule has 1 heterocycles. The van der Waals surface area contributed by atoms with Gasteiger partial charge in [0.15, 0.2) is 0 Å². The third kappa shape index (κ3) is 6.80. The standard InChI is InChI=1S/C15H29N2O/c1-2-3-4-7-10-16-12-13-17(15-16)11-8-5-6-9-14-18/h12-13,15,18H,2-11,14H2,1H3/q+1. The molecular weight excluding hydrogens is 224 g/mol. The molecule has 1 aromatic heterocycles. The van der Waals surface area contributed by atoms with E-state index in [4.69, 9.17) is 5.11 Å². The van der Waals surface area contributed by atoms with Crippen LogP contribution >= 0.6 is 0 Å². The lowest BCUT2D eigenvalue weighted by Crippen LogP contribution is -2.30. The molecule has 0 aliphatic heterocycles. The molecule has 0 radical (unpaired) electrons. The Labute approximate surface area is 111 Å². The van der Waals surface area contributed by atoms with Gasteiger partial charge in [0.25, 0.3) is 0 Å². The van der Waals surface area contributed by atoms with Crippen LogP contribution in [0.25, 0.3) is 0 Å². The van der Waals surface area contributed by atoms with E-state index >= 15 is 0 Å². The van der Waals surface area contributed by atoms with Gasteiger partial charge in [-0.15, -0.1) is 0 Å². The molecule has 1 aromatic rings. The summed E-state index contributed by atoms with van der Waals surface area (Å²) in [4.78, 5) is 0. The number of hydrogen-bond acceptors (Lipinski definition) is 1. The van der Waals surface area contributed by atoms with E-state index in [0.717, 1.165) is 25.9 Å². The molecule has 104 valence electrons. The molecule has 0 atom stereocenters. The SMILES string of the molecule is CCCCCCn1cc[n+](CCCCCCO)c1. The van der Waals surface area contributed by atoms with E-state index in [1.165, 1.54) is 38.5 Å². The zero-order valence-corrected chi connectivity index (χ0v) is 11.9. The summed E-state index contributed by atoms with van der Waals surface area (Å²) in [5, 5.41) is 8.70. The first kappa shape index (κ1) is 15.2. The molecular formula is C15H29N2O+. The molecule has 0 aliphatic carbocycles. The van der Waals surface area contributed by atoms with Crippen molar-refractivity contribution in [2.45, 2.75) is 71.4 Å². The van der Waals surface area contributed by atoms with Crippen LogP contribution in [0.3, 0.4) is 0 Å². The lowest BCUT2D eigenvalue weighted by molar-refractivity contribution is -0.696. The number of unbranched alkanes of at least 4 members (excludes halogenated alkanes) is 6. The number of aliphatic hydroxyl groups is 1. The molecule has 18 heavy (non-hydrogen) atoms. The van der Waals surface area contributed by atoms with E-state index in [1.807, 2.05) is 0 Å². The van der Waals surface area contributed by atoms with Gasteiger partial charge in [0.2, 0.25) is 6.33 Å². The van der Waals surface area contributed by atoms with Gasteiger partial charge in [-0.05, 0) is 32.1 Å².